The summed E-state index contributed by atoms with van der Waals surface area (Å²) in [5, 5.41) is 0. The SMILES string of the molecule is CCCCCCCCCCCCC(CCCCCCCCCCCC)[NH+](C)CC[NH+](C)C(CCCCCCCCCCCC)CCCCCCCCCCCC.[Br-].[Br-]. The Morgan fingerprint density at radius 2 is 0.362 bits per heavy atom. The Labute approximate surface area is 391 Å². The van der Waals surface area contributed by atoms with Crippen LogP contribution in [0.1, 0.15) is 310 Å². The van der Waals surface area contributed by atoms with E-state index in [1.165, 1.54) is 296 Å². The molecule has 0 radical (unpaired) electrons. The molecule has 0 saturated carbocycles. The number of halogens is 2. The van der Waals surface area contributed by atoms with Crippen molar-refractivity contribution in [3.63, 3.8) is 0 Å². The fourth-order valence-electron chi connectivity index (χ4n) is 9.59. The highest BCUT2D eigenvalue weighted by molar-refractivity contribution is 4.62. The molecule has 0 aliphatic rings. The molecule has 0 aliphatic carbocycles. The van der Waals surface area contributed by atoms with Gasteiger partial charge >= 0.3 is 0 Å². The molecule has 0 aliphatic heterocycles. The molecule has 0 aromatic carbocycles. The molecule has 58 heavy (non-hydrogen) atoms. The maximum Gasteiger partial charge on any atom is 0.127 e. The molecule has 0 amide bonds. The van der Waals surface area contributed by atoms with Crippen molar-refractivity contribution in [3.05, 3.63) is 0 Å². The normalized spacial score (nSPS) is 12.6. The van der Waals surface area contributed by atoms with Crippen LogP contribution in [0, 0.1) is 0 Å². The quantitative estimate of drug-likeness (QED) is 0.0563. The summed E-state index contributed by atoms with van der Waals surface area (Å²) in [5.41, 5.74) is 0. The second-order valence-electron chi connectivity index (χ2n) is 19.5. The van der Waals surface area contributed by atoms with Gasteiger partial charge in [0.25, 0.3) is 0 Å². The zero-order valence-electron chi connectivity index (χ0n) is 41.4. The summed E-state index contributed by atoms with van der Waals surface area (Å²) < 4.78 is 0. The summed E-state index contributed by atoms with van der Waals surface area (Å²) in [6.07, 6.45) is 64.2. The molecule has 2 unspecified atom stereocenters. The number of hydrogen-bond donors (Lipinski definition) is 2. The van der Waals surface area contributed by atoms with Crippen molar-refractivity contribution in [2.75, 3.05) is 27.2 Å². The molecule has 354 valence electrons. The minimum absolute atomic E-state index is 0. The maximum absolute atomic E-state index is 2.59. The zero-order chi connectivity index (χ0) is 40.8. The van der Waals surface area contributed by atoms with E-state index < -0.39 is 0 Å². The van der Waals surface area contributed by atoms with Crippen molar-refractivity contribution >= 4 is 0 Å². The molecule has 2 N–H and O–H groups in total. The number of rotatable bonds is 49. The largest absolute Gasteiger partial charge is 1.00 e. The lowest BCUT2D eigenvalue weighted by Gasteiger charge is -2.29. The molecule has 2 nitrogen and oxygen atoms in total. The Bertz CT molecular complexity index is 599. The maximum atomic E-state index is 2.59. The van der Waals surface area contributed by atoms with Gasteiger partial charge in [-0.2, -0.15) is 0 Å². The predicted molar refractivity (Wildman–Crippen MR) is 257 cm³/mol. The van der Waals surface area contributed by atoms with Gasteiger partial charge in [0.1, 0.15) is 13.1 Å². The van der Waals surface area contributed by atoms with Crippen molar-refractivity contribution < 1.29 is 43.8 Å². The Balaban J connectivity index is -0.0000151. The Morgan fingerprint density at radius 3 is 0.517 bits per heavy atom. The van der Waals surface area contributed by atoms with Crippen LogP contribution in [0.4, 0.5) is 0 Å². The minimum Gasteiger partial charge on any atom is -1.00 e. The van der Waals surface area contributed by atoms with Crippen molar-refractivity contribution in [1.82, 2.24) is 0 Å². The van der Waals surface area contributed by atoms with Crippen molar-refractivity contribution in [2.24, 2.45) is 0 Å². The van der Waals surface area contributed by atoms with Crippen LogP contribution in [-0.4, -0.2) is 39.3 Å². The van der Waals surface area contributed by atoms with Gasteiger partial charge in [0.15, 0.2) is 0 Å². The average molecular weight is 951 g/mol. The van der Waals surface area contributed by atoms with E-state index in [1.54, 1.807) is 0 Å². The van der Waals surface area contributed by atoms with Crippen molar-refractivity contribution in [2.45, 2.75) is 322 Å². The smallest absolute Gasteiger partial charge is 0.127 e. The second kappa shape index (κ2) is 54.0. The number of hydrogen-bond acceptors (Lipinski definition) is 0. The summed E-state index contributed by atoms with van der Waals surface area (Å²) >= 11 is 0. The monoisotopic (exact) mass is 949 g/mol. The fourth-order valence-corrected chi connectivity index (χ4v) is 9.59. The van der Waals surface area contributed by atoms with Crippen LogP contribution in [0.3, 0.4) is 0 Å². The first-order chi connectivity index (χ1) is 27.6. The van der Waals surface area contributed by atoms with E-state index in [1.807, 2.05) is 9.80 Å². The summed E-state index contributed by atoms with van der Waals surface area (Å²) in [5.74, 6) is 0. The summed E-state index contributed by atoms with van der Waals surface area (Å²) in [6, 6.07) is 1.77. The molecule has 4 heteroatoms. The zero-order valence-corrected chi connectivity index (χ0v) is 44.6. The van der Waals surface area contributed by atoms with Gasteiger partial charge < -0.3 is 43.8 Å². The van der Waals surface area contributed by atoms with Crippen LogP contribution in [0.5, 0.6) is 0 Å². The molecule has 0 aromatic heterocycles. The molecule has 0 aromatic rings. The standard InChI is InChI=1S/C54H112N2.2BrH/c1-7-11-15-19-23-27-31-35-39-43-47-53(48-44-40-36-32-28-24-20-16-12-8-2)55(5)51-52-56(6)54(49-45-41-37-33-29-25-21-17-13-9-3)50-46-42-38-34-30-26-22-18-14-10-4;;/h53-54H,7-52H2,1-6H3;2*1H. The molecule has 0 fully saturated rings. The second-order valence-corrected chi connectivity index (χ2v) is 19.5. The van der Waals surface area contributed by atoms with E-state index in [4.69, 9.17) is 0 Å². The van der Waals surface area contributed by atoms with Gasteiger partial charge in [-0.1, -0.05) is 259 Å². The van der Waals surface area contributed by atoms with Crippen LogP contribution >= 0.6 is 0 Å². The number of unbranched alkanes of at least 4 members (excludes halogenated alkanes) is 36. The third kappa shape index (κ3) is 46.4. The van der Waals surface area contributed by atoms with Crippen molar-refractivity contribution in [1.29, 1.82) is 0 Å². The van der Waals surface area contributed by atoms with Crippen LogP contribution in [-0.2, 0) is 0 Å². The summed E-state index contributed by atoms with van der Waals surface area (Å²) in [7, 11) is 5.17. The molecule has 0 heterocycles. The lowest BCUT2D eigenvalue weighted by Crippen LogP contribution is -3.21. The summed E-state index contributed by atoms with van der Waals surface area (Å²) in [4.78, 5) is 3.74. The topological polar surface area (TPSA) is 8.88 Å². The lowest BCUT2D eigenvalue weighted by atomic mass is 9.98. The number of likely N-dealkylation sites (N-methyl/N-ethyl adjacent to an activating group) is 2. The molecule has 0 bridgehead atoms. The van der Waals surface area contributed by atoms with E-state index in [2.05, 4.69) is 41.8 Å². The molecule has 0 rings (SSSR count). The van der Waals surface area contributed by atoms with E-state index in [-0.39, 0.29) is 34.0 Å². The third-order valence-electron chi connectivity index (χ3n) is 13.9. The van der Waals surface area contributed by atoms with Crippen LogP contribution in [0.2, 0.25) is 0 Å². The number of quaternary nitrogens is 2. The number of nitrogens with one attached hydrogen (secondary N) is 2. The first-order valence-corrected chi connectivity index (χ1v) is 27.2. The highest BCUT2D eigenvalue weighted by atomic mass is 79.9. The van der Waals surface area contributed by atoms with Gasteiger partial charge in [0.2, 0.25) is 0 Å². The first kappa shape index (κ1) is 63.2. The highest BCUT2D eigenvalue weighted by Crippen LogP contribution is 2.17. The Morgan fingerprint density at radius 1 is 0.224 bits per heavy atom. The van der Waals surface area contributed by atoms with Crippen LogP contribution in [0.25, 0.3) is 0 Å². The molecule has 0 saturated heterocycles. The van der Waals surface area contributed by atoms with Crippen LogP contribution in [0.15, 0.2) is 0 Å². The van der Waals surface area contributed by atoms with Gasteiger partial charge in [-0.3, -0.25) is 0 Å². The van der Waals surface area contributed by atoms with Gasteiger partial charge in [0, 0.05) is 0 Å². The van der Waals surface area contributed by atoms with E-state index >= 15 is 0 Å². The van der Waals surface area contributed by atoms with Gasteiger partial charge in [-0.15, -0.1) is 0 Å². The Hall–Kier alpha value is 0.880. The van der Waals surface area contributed by atoms with Crippen molar-refractivity contribution in [3.8, 4) is 0 Å². The van der Waals surface area contributed by atoms with E-state index in [0.717, 1.165) is 12.1 Å². The van der Waals surface area contributed by atoms with Gasteiger partial charge in [-0.25, -0.2) is 0 Å². The van der Waals surface area contributed by atoms with E-state index in [0.29, 0.717) is 0 Å². The first-order valence-electron chi connectivity index (χ1n) is 27.2. The van der Waals surface area contributed by atoms with Gasteiger partial charge in [0.05, 0.1) is 26.2 Å². The van der Waals surface area contributed by atoms with E-state index in [9.17, 15) is 0 Å². The summed E-state index contributed by atoms with van der Waals surface area (Å²) in [6.45, 7) is 12.1. The lowest BCUT2D eigenvalue weighted by molar-refractivity contribution is -0.963. The average Bonchev–Trinajstić information content (AvgIpc) is 3.20. The molecular formula is C54H114Br2N2. The van der Waals surface area contributed by atoms with Gasteiger partial charge in [-0.05, 0) is 51.4 Å². The fraction of sp³-hybridized carbons (Fsp3) is 1.00. The Kier molecular flexibility index (Phi) is 58.8. The molecule has 2 atom stereocenters. The predicted octanol–water partition coefficient (Wildman–Crippen LogP) is 10.0. The van der Waals surface area contributed by atoms with Crippen LogP contribution < -0.4 is 43.8 Å². The minimum atomic E-state index is 0. The third-order valence-corrected chi connectivity index (χ3v) is 13.9. The highest BCUT2D eigenvalue weighted by Gasteiger charge is 2.23. The molecule has 0 spiro atoms. The molecular weight excluding hydrogens is 836 g/mol.